The van der Waals surface area contributed by atoms with E-state index in [1.807, 2.05) is 43.3 Å². The molecule has 1 aromatic carbocycles. The van der Waals surface area contributed by atoms with Gasteiger partial charge < -0.3 is 14.8 Å². The smallest absolute Gasteiger partial charge is 0.181 e. The van der Waals surface area contributed by atoms with Crippen LogP contribution in [0.3, 0.4) is 0 Å². The quantitative estimate of drug-likeness (QED) is 0.491. The first-order valence-electron chi connectivity index (χ1n) is 9.19. The van der Waals surface area contributed by atoms with Gasteiger partial charge in [-0.25, -0.2) is 9.97 Å². The Bertz CT molecular complexity index is 1200. The largest absolute Gasteiger partial charge is 0.486 e. The molecule has 5 rings (SSSR count). The van der Waals surface area contributed by atoms with Gasteiger partial charge in [0, 0.05) is 17.6 Å². The molecule has 0 bridgehead atoms. The number of aromatic nitrogens is 3. The van der Waals surface area contributed by atoms with E-state index in [0.717, 1.165) is 37.9 Å². The number of nitrogens with one attached hydrogen (secondary N) is 1. The van der Waals surface area contributed by atoms with Gasteiger partial charge >= 0.3 is 0 Å². The van der Waals surface area contributed by atoms with Gasteiger partial charge in [-0.05, 0) is 36.8 Å². The first-order valence-corrected chi connectivity index (χ1v) is 10.4. The Morgan fingerprint density at radius 2 is 1.97 bits per heavy atom. The maximum atomic E-state index is 6.56. The number of anilines is 1. The number of rotatable bonds is 4. The third-order valence-corrected chi connectivity index (χ3v) is 6.20. The van der Waals surface area contributed by atoms with Gasteiger partial charge in [-0.15, -0.1) is 11.3 Å². The Morgan fingerprint density at radius 3 is 2.79 bits per heavy atom. The first-order chi connectivity index (χ1) is 14.2. The SMILES string of the molecule is Cc1sc2nc(-c3ccccn3)nc(NCc3ccc4c(c3)OCCO4)c2c1Cl. The fraction of sp³-hybridized carbons (Fsp3) is 0.190. The van der Waals surface area contributed by atoms with Gasteiger partial charge in [-0.3, -0.25) is 4.98 Å². The van der Waals surface area contributed by atoms with Crippen LogP contribution in [0.4, 0.5) is 5.82 Å². The number of benzene rings is 1. The molecule has 1 N–H and O–H groups in total. The second-order valence-corrected chi connectivity index (χ2v) is 8.18. The lowest BCUT2D eigenvalue weighted by Gasteiger charge is -2.19. The summed E-state index contributed by atoms with van der Waals surface area (Å²) in [5.41, 5.74) is 1.78. The summed E-state index contributed by atoms with van der Waals surface area (Å²) in [7, 11) is 0. The van der Waals surface area contributed by atoms with E-state index in [0.29, 0.717) is 36.4 Å². The van der Waals surface area contributed by atoms with E-state index >= 15 is 0 Å². The molecular weight excluding hydrogens is 408 g/mol. The predicted octanol–water partition coefficient (Wildman–Crippen LogP) is 5.10. The minimum atomic E-state index is 0.563. The van der Waals surface area contributed by atoms with Crippen molar-refractivity contribution in [1.82, 2.24) is 15.0 Å². The average molecular weight is 425 g/mol. The summed E-state index contributed by atoms with van der Waals surface area (Å²) < 4.78 is 11.3. The Kier molecular flexibility index (Phi) is 4.69. The zero-order valence-corrected chi connectivity index (χ0v) is 17.2. The summed E-state index contributed by atoms with van der Waals surface area (Å²) >= 11 is 8.11. The van der Waals surface area contributed by atoms with Crippen molar-refractivity contribution in [2.24, 2.45) is 0 Å². The predicted molar refractivity (Wildman–Crippen MR) is 115 cm³/mol. The van der Waals surface area contributed by atoms with Crippen molar-refractivity contribution in [3.8, 4) is 23.0 Å². The number of fused-ring (bicyclic) bond motifs is 2. The van der Waals surface area contributed by atoms with Crippen LogP contribution in [0, 0.1) is 6.92 Å². The summed E-state index contributed by atoms with van der Waals surface area (Å²) in [6.07, 6.45) is 1.73. The maximum absolute atomic E-state index is 6.56. The van der Waals surface area contributed by atoms with Crippen LogP contribution in [-0.4, -0.2) is 28.2 Å². The number of pyridine rings is 1. The normalized spacial score (nSPS) is 12.9. The highest BCUT2D eigenvalue weighted by Gasteiger charge is 2.18. The fourth-order valence-corrected chi connectivity index (χ4v) is 4.46. The van der Waals surface area contributed by atoms with Crippen molar-refractivity contribution in [2.45, 2.75) is 13.5 Å². The van der Waals surface area contributed by atoms with Crippen LogP contribution in [-0.2, 0) is 6.54 Å². The zero-order chi connectivity index (χ0) is 19.8. The summed E-state index contributed by atoms with van der Waals surface area (Å²) in [5, 5.41) is 4.94. The molecule has 29 heavy (non-hydrogen) atoms. The molecule has 1 aliphatic heterocycles. The van der Waals surface area contributed by atoms with E-state index in [1.54, 1.807) is 17.5 Å². The van der Waals surface area contributed by atoms with Gasteiger partial charge in [0.1, 0.15) is 29.6 Å². The van der Waals surface area contributed by atoms with Crippen LogP contribution in [0.15, 0.2) is 42.6 Å². The highest BCUT2D eigenvalue weighted by atomic mass is 35.5. The third-order valence-electron chi connectivity index (χ3n) is 4.61. The number of aryl methyl sites for hydroxylation is 1. The van der Waals surface area contributed by atoms with Gasteiger partial charge in [0.15, 0.2) is 17.3 Å². The zero-order valence-electron chi connectivity index (χ0n) is 15.6. The molecular formula is C21H17ClN4O2S. The van der Waals surface area contributed by atoms with Crippen LogP contribution in [0.25, 0.3) is 21.7 Å². The van der Waals surface area contributed by atoms with E-state index in [1.165, 1.54) is 0 Å². The topological polar surface area (TPSA) is 69.2 Å². The summed E-state index contributed by atoms with van der Waals surface area (Å²) in [6.45, 7) is 3.69. The highest BCUT2D eigenvalue weighted by molar-refractivity contribution is 7.19. The van der Waals surface area contributed by atoms with E-state index in [-0.39, 0.29) is 0 Å². The molecule has 0 radical (unpaired) electrons. The van der Waals surface area contributed by atoms with E-state index in [4.69, 9.17) is 26.1 Å². The molecule has 8 heteroatoms. The molecule has 0 aliphatic carbocycles. The fourth-order valence-electron chi connectivity index (χ4n) is 3.20. The first kappa shape index (κ1) is 18.1. The number of thiophene rings is 1. The monoisotopic (exact) mass is 424 g/mol. The molecule has 1 aliphatic rings. The number of hydrogen-bond acceptors (Lipinski definition) is 7. The summed E-state index contributed by atoms with van der Waals surface area (Å²) in [6, 6.07) is 11.6. The molecule has 0 saturated carbocycles. The van der Waals surface area contributed by atoms with Gasteiger partial charge in [-0.1, -0.05) is 23.7 Å². The number of ether oxygens (including phenoxy) is 2. The third kappa shape index (κ3) is 3.47. The van der Waals surface area contributed by atoms with Gasteiger partial charge in [0.25, 0.3) is 0 Å². The standard InChI is InChI=1S/C21H17ClN4O2S/c1-12-18(22)17-20(24-11-13-5-6-15-16(10-13)28-9-8-27-15)25-19(26-21(17)29-12)14-4-2-3-7-23-14/h2-7,10H,8-9,11H2,1H3,(H,24,25,26). The van der Waals surface area contributed by atoms with Crippen molar-refractivity contribution in [2.75, 3.05) is 18.5 Å². The van der Waals surface area contributed by atoms with Crippen molar-refractivity contribution < 1.29 is 9.47 Å². The second kappa shape index (κ2) is 7.50. The molecule has 0 unspecified atom stereocenters. The van der Waals surface area contributed by atoms with Gasteiger partial charge in [-0.2, -0.15) is 0 Å². The van der Waals surface area contributed by atoms with E-state index in [2.05, 4.69) is 15.3 Å². The number of hydrogen-bond donors (Lipinski definition) is 1. The molecule has 0 atom stereocenters. The lowest BCUT2D eigenvalue weighted by atomic mass is 10.2. The van der Waals surface area contributed by atoms with Gasteiger partial charge in [0.05, 0.1) is 10.4 Å². The van der Waals surface area contributed by atoms with E-state index in [9.17, 15) is 0 Å². The minimum Gasteiger partial charge on any atom is -0.486 e. The maximum Gasteiger partial charge on any atom is 0.181 e. The lowest BCUT2D eigenvalue weighted by Crippen LogP contribution is -2.15. The van der Waals surface area contributed by atoms with Crippen LogP contribution in [0.2, 0.25) is 5.02 Å². The average Bonchev–Trinajstić information content (AvgIpc) is 3.06. The minimum absolute atomic E-state index is 0.563. The van der Waals surface area contributed by atoms with Crippen LogP contribution in [0.5, 0.6) is 11.5 Å². The second-order valence-electron chi connectivity index (χ2n) is 6.59. The molecule has 0 amide bonds. The number of nitrogens with zero attached hydrogens (tertiary/aromatic N) is 3. The molecule has 6 nitrogen and oxygen atoms in total. The Morgan fingerprint density at radius 1 is 1.10 bits per heavy atom. The summed E-state index contributed by atoms with van der Waals surface area (Å²) in [4.78, 5) is 15.6. The number of halogens is 1. The Hall–Kier alpha value is -2.90. The molecule has 146 valence electrons. The van der Waals surface area contributed by atoms with Crippen molar-refractivity contribution >= 4 is 39.0 Å². The molecule has 0 spiro atoms. The molecule has 0 saturated heterocycles. The lowest BCUT2D eigenvalue weighted by molar-refractivity contribution is 0.171. The summed E-state index contributed by atoms with van der Waals surface area (Å²) in [5.74, 6) is 2.81. The van der Waals surface area contributed by atoms with Crippen LogP contribution < -0.4 is 14.8 Å². The van der Waals surface area contributed by atoms with Crippen molar-refractivity contribution in [3.05, 3.63) is 58.1 Å². The van der Waals surface area contributed by atoms with Crippen LogP contribution in [0.1, 0.15) is 10.4 Å². The molecule has 4 heterocycles. The Balaban J connectivity index is 1.51. The van der Waals surface area contributed by atoms with Crippen molar-refractivity contribution in [3.63, 3.8) is 0 Å². The van der Waals surface area contributed by atoms with Crippen LogP contribution >= 0.6 is 22.9 Å². The Labute approximate surface area is 176 Å². The van der Waals surface area contributed by atoms with E-state index < -0.39 is 0 Å². The molecule has 0 fully saturated rings. The van der Waals surface area contributed by atoms with Gasteiger partial charge in [0.2, 0.25) is 0 Å². The molecule has 4 aromatic rings. The molecule has 3 aromatic heterocycles. The van der Waals surface area contributed by atoms with Crippen molar-refractivity contribution in [1.29, 1.82) is 0 Å². The highest BCUT2D eigenvalue weighted by Crippen LogP contribution is 2.39.